The maximum atomic E-state index is 14.0. The summed E-state index contributed by atoms with van der Waals surface area (Å²) in [5.41, 5.74) is 15.9. The van der Waals surface area contributed by atoms with E-state index in [0.717, 1.165) is 61.5 Å². The zero-order valence-electron chi connectivity index (χ0n) is 28.1. The zero-order chi connectivity index (χ0) is 32.4. The summed E-state index contributed by atoms with van der Waals surface area (Å²) in [5.74, 6) is -0.208. The van der Waals surface area contributed by atoms with Gasteiger partial charge in [0.1, 0.15) is 5.82 Å². The lowest BCUT2D eigenvalue weighted by molar-refractivity contribution is 0.201. The molecule has 0 atom stereocenters. The summed E-state index contributed by atoms with van der Waals surface area (Å²) in [4.78, 5) is 14.4. The molecule has 0 spiro atoms. The Morgan fingerprint density at radius 3 is 1.93 bits per heavy atom. The van der Waals surface area contributed by atoms with Crippen molar-refractivity contribution >= 4 is 5.69 Å². The SMILES string of the molecule is Cc1cc(-c2cncc(CN(c3ccc(F)cc3)C3CCN(Cc4ccnc(-c5cc(C)c(C)c(C)c5)c4)CC3)c2)cc(C)c1C. The van der Waals surface area contributed by atoms with E-state index < -0.39 is 0 Å². The van der Waals surface area contributed by atoms with Gasteiger partial charge in [-0.3, -0.25) is 14.9 Å². The van der Waals surface area contributed by atoms with E-state index in [1.165, 1.54) is 50.1 Å². The predicted molar refractivity (Wildman–Crippen MR) is 189 cm³/mol. The number of rotatable bonds is 8. The second-order valence-electron chi connectivity index (χ2n) is 13.2. The maximum Gasteiger partial charge on any atom is 0.123 e. The van der Waals surface area contributed by atoms with Gasteiger partial charge in [0.25, 0.3) is 0 Å². The molecule has 4 nitrogen and oxygen atoms in total. The number of aromatic nitrogens is 2. The van der Waals surface area contributed by atoms with Gasteiger partial charge in [-0.2, -0.15) is 0 Å². The van der Waals surface area contributed by atoms with Crippen molar-refractivity contribution in [2.75, 3.05) is 18.0 Å². The van der Waals surface area contributed by atoms with Crippen molar-refractivity contribution in [3.63, 3.8) is 0 Å². The van der Waals surface area contributed by atoms with Crippen molar-refractivity contribution in [3.05, 3.63) is 136 Å². The molecule has 3 aromatic carbocycles. The summed E-state index contributed by atoms with van der Waals surface area (Å²) < 4.78 is 14.0. The van der Waals surface area contributed by atoms with Gasteiger partial charge < -0.3 is 4.90 Å². The summed E-state index contributed by atoms with van der Waals surface area (Å²) in [6.07, 6.45) is 7.95. The number of anilines is 1. The molecule has 5 heteroatoms. The van der Waals surface area contributed by atoms with Crippen LogP contribution in [0.1, 0.15) is 57.3 Å². The molecule has 1 aliphatic heterocycles. The highest BCUT2D eigenvalue weighted by Crippen LogP contribution is 2.30. The van der Waals surface area contributed by atoms with Gasteiger partial charge >= 0.3 is 0 Å². The molecule has 236 valence electrons. The molecular weight excluding hydrogens is 567 g/mol. The standard InChI is InChI=1S/C41H45FN4/c1-27-17-35(18-28(2)31(27)5)37-21-34(23-43-24-37)26-46(39-9-7-38(42)8-10-39)40-12-15-45(16-13-40)25-33-11-14-44-41(22-33)36-19-29(3)32(6)30(4)20-36/h7-11,14,17-24,40H,12-13,15-16,25-26H2,1-6H3. The van der Waals surface area contributed by atoms with Gasteiger partial charge in [0.15, 0.2) is 0 Å². The van der Waals surface area contributed by atoms with E-state index >= 15 is 0 Å². The summed E-state index contributed by atoms with van der Waals surface area (Å²) >= 11 is 0. The van der Waals surface area contributed by atoms with Gasteiger partial charge in [-0.05, 0) is 159 Å². The first-order chi connectivity index (χ1) is 22.1. The van der Waals surface area contributed by atoms with Crippen molar-refractivity contribution < 1.29 is 4.39 Å². The number of benzene rings is 3. The molecule has 0 aliphatic carbocycles. The lowest BCUT2D eigenvalue weighted by Crippen LogP contribution is -2.44. The third-order valence-electron chi connectivity index (χ3n) is 10.0. The molecule has 3 heterocycles. The van der Waals surface area contributed by atoms with Crippen LogP contribution in [-0.2, 0) is 13.1 Å². The van der Waals surface area contributed by atoms with Crippen molar-refractivity contribution in [1.29, 1.82) is 0 Å². The third kappa shape index (κ3) is 7.05. The molecule has 2 aromatic heterocycles. The number of aryl methyl sites for hydroxylation is 4. The monoisotopic (exact) mass is 612 g/mol. The van der Waals surface area contributed by atoms with E-state index in [4.69, 9.17) is 4.98 Å². The van der Waals surface area contributed by atoms with Crippen LogP contribution < -0.4 is 4.90 Å². The molecule has 0 bridgehead atoms. The second-order valence-corrected chi connectivity index (χ2v) is 13.2. The van der Waals surface area contributed by atoms with Gasteiger partial charge in [0.2, 0.25) is 0 Å². The molecule has 1 saturated heterocycles. The van der Waals surface area contributed by atoms with E-state index in [-0.39, 0.29) is 5.82 Å². The van der Waals surface area contributed by atoms with Crippen LogP contribution in [0.4, 0.5) is 10.1 Å². The highest BCUT2D eigenvalue weighted by Gasteiger charge is 2.26. The van der Waals surface area contributed by atoms with Crippen LogP contribution in [0.5, 0.6) is 0 Å². The van der Waals surface area contributed by atoms with Crippen LogP contribution >= 0.6 is 0 Å². The minimum Gasteiger partial charge on any atom is -0.364 e. The molecule has 0 amide bonds. The smallest absolute Gasteiger partial charge is 0.123 e. The molecule has 5 aromatic rings. The molecular formula is C41H45FN4. The van der Waals surface area contributed by atoms with Crippen LogP contribution in [-0.4, -0.2) is 34.0 Å². The summed E-state index contributed by atoms with van der Waals surface area (Å²) in [6, 6.07) is 23.0. The lowest BCUT2D eigenvalue weighted by atomic mass is 9.96. The number of piperidine rings is 1. The fourth-order valence-corrected chi connectivity index (χ4v) is 6.76. The molecule has 46 heavy (non-hydrogen) atoms. The van der Waals surface area contributed by atoms with Gasteiger partial charge in [-0.1, -0.05) is 12.1 Å². The summed E-state index contributed by atoms with van der Waals surface area (Å²) in [7, 11) is 0. The fourth-order valence-electron chi connectivity index (χ4n) is 6.76. The highest BCUT2D eigenvalue weighted by atomic mass is 19.1. The van der Waals surface area contributed by atoms with Crippen molar-refractivity contribution in [3.8, 4) is 22.4 Å². The van der Waals surface area contributed by atoms with Crippen LogP contribution in [0.15, 0.2) is 85.3 Å². The summed E-state index contributed by atoms with van der Waals surface area (Å²) in [5, 5.41) is 0. The number of pyridine rings is 2. The highest BCUT2D eigenvalue weighted by molar-refractivity contribution is 5.66. The van der Waals surface area contributed by atoms with E-state index in [1.54, 1.807) is 12.1 Å². The first-order valence-corrected chi connectivity index (χ1v) is 16.4. The maximum absolute atomic E-state index is 14.0. The molecule has 0 unspecified atom stereocenters. The van der Waals surface area contributed by atoms with Crippen LogP contribution in [0.25, 0.3) is 22.4 Å². The predicted octanol–water partition coefficient (Wildman–Crippen LogP) is 9.47. The minimum absolute atomic E-state index is 0.208. The van der Waals surface area contributed by atoms with Gasteiger partial charge in [0, 0.05) is 67.6 Å². The van der Waals surface area contributed by atoms with Crippen molar-refractivity contribution in [2.45, 2.75) is 73.5 Å². The van der Waals surface area contributed by atoms with Crippen molar-refractivity contribution in [1.82, 2.24) is 14.9 Å². The topological polar surface area (TPSA) is 32.3 Å². The number of hydrogen-bond donors (Lipinski definition) is 0. The van der Waals surface area contributed by atoms with Crippen molar-refractivity contribution in [2.24, 2.45) is 0 Å². The Bertz CT molecular complexity index is 1790. The Morgan fingerprint density at radius 2 is 1.30 bits per heavy atom. The first-order valence-electron chi connectivity index (χ1n) is 16.4. The molecule has 0 saturated carbocycles. The minimum atomic E-state index is -0.208. The van der Waals surface area contributed by atoms with E-state index in [1.807, 2.05) is 30.7 Å². The van der Waals surface area contributed by atoms with Gasteiger partial charge in [0.05, 0.1) is 5.69 Å². The normalized spacial score (nSPS) is 14.1. The van der Waals surface area contributed by atoms with E-state index in [9.17, 15) is 4.39 Å². The van der Waals surface area contributed by atoms with Crippen LogP contribution in [0.3, 0.4) is 0 Å². The van der Waals surface area contributed by atoms with E-state index in [2.05, 4.69) is 98.8 Å². The van der Waals surface area contributed by atoms with Crippen LogP contribution in [0.2, 0.25) is 0 Å². The molecule has 1 fully saturated rings. The Morgan fingerprint density at radius 1 is 0.696 bits per heavy atom. The average Bonchev–Trinajstić information content (AvgIpc) is 3.06. The number of halogens is 1. The van der Waals surface area contributed by atoms with Gasteiger partial charge in [-0.25, -0.2) is 4.39 Å². The molecule has 0 radical (unpaired) electrons. The summed E-state index contributed by atoms with van der Waals surface area (Å²) in [6.45, 7) is 16.7. The van der Waals surface area contributed by atoms with Crippen LogP contribution in [0, 0.1) is 47.4 Å². The Kier molecular flexibility index (Phi) is 9.32. The number of likely N-dealkylation sites (tertiary alicyclic amines) is 1. The van der Waals surface area contributed by atoms with Gasteiger partial charge in [-0.15, -0.1) is 0 Å². The molecule has 1 aliphatic rings. The fraction of sp³-hybridized carbons (Fsp3) is 0.317. The number of hydrogen-bond acceptors (Lipinski definition) is 4. The Labute approximate surface area is 274 Å². The zero-order valence-corrected chi connectivity index (χ0v) is 28.1. The molecule has 0 N–H and O–H groups in total. The number of nitrogens with zero attached hydrogens (tertiary/aromatic N) is 4. The third-order valence-corrected chi connectivity index (χ3v) is 10.0. The Balaban J connectivity index is 1.17. The first kappa shape index (κ1) is 31.6. The quantitative estimate of drug-likeness (QED) is 0.175. The largest absolute Gasteiger partial charge is 0.364 e. The van der Waals surface area contributed by atoms with E-state index in [0.29, 0.717) is 6.04 Å². The Hall–Kier alpha value is -4.35. The lowest BCUT2D eigenvalue weighted by Gasteiger charge is -2.40. The second kappa shape index (κ2) is 13.6. The average molecular weight is 613 g/mol. The molecule has 6 rings (SSSR count).